The molecule has 2 heterocycles. The third-order valence-corrected chi connectivity index (χ3v) is 6.60. The van der Waals surface area contributed by atoms with Gasteiger partial charge in [0.25, 0.3) is 5.91 Å². The van der Waals surface area contributed by atoms with E-state index in [4.69, 9.17) is 14.5 Å². The molecule has 0 fully saturated rings. The summed E-state index contributed by atoms with van der Waals surface area (Å²) in [6.45, 7) is 5.78. The van der Waals surface area contributed by atoms with Crippen LogP contribution in [-0.2, 0) is 19.4 Å². The van der Waals surface area contributed by atoms with Crippen LogP contribution in [0.25, 0.3) is 11.0 Å². The summed E-state index contributed by atoms with van der Waals surface area (Å²) in [5.41, 5.74) is 3.26. The third kappa shape index (κ3) is 6.31. The van der Waals surface area contributed by atoms with E-state index in [1.54, 1.807) is 7.11 Å². The smallest absolute Gasteiger partial charge is 0.261 e. The molecule has 4 rings (SSSR count). The Labute approximate surface area is 210 Å². The summed E-state index contributed by atoms with van der Waals surface area (Å²) < 4.78 is 13.8. The molecule has 2 aromatic carbocycles. The van der Waals surface area contributed by atoms with Gasteiger partial charge in [-0.05, 0) is 60.5 Å². The van der Waals surface area contributed by atoms with Crippen LogP contribution in [0.3, 0.4) is 0 Å². The second-order valence-electron chi connectivity index (χ2n) is 8.19. The molecule has 0 saturated carbocycles. The lowest BCUT2D eigenvalue weighted by molar-refractivity contribution is 0.0957. The third-order valence-electron chi connectivity index (χ3n) is 5.73. The lowest BCUT2D eigenvalue weighted by Gasteiger charge is -2.13. The van der Waals surface area contributed by atoms with Crippen molar-refractivity contribution in [2.45, 2.75) is 32.2 Å². The highest BCUT2D eigenvalue weighted by Gasteiger charge is 2.12. The van der Waals surface area contributed by atoms with Crippen LogP contribution in [0.1, 0.15) is 33.9 Å². The molecule has 35 heavy (non-hydrogen) atoms. The number of amides is 1. The minimum absolute atomic E-state index is 0.0152. The van der Waals surface area contributed by atoms with E-state index >= 15 is 0 Å². The van der Waals surface area contributed by atoms with E-state index in [1.807, 2.05) is 60.0 Å². The van der Waals surface area contributed by atoms with Gasteiger partial charge >= 0.3 is 0 Å². The zero-order chi connectivity index (χ0) is 24.5. The highest BCUT2D eigenvalue weighted by Crippen LogP contribution is 2.28. The molecule has 0 spiro atoms. The minimum atomic E-state index is -0.0152. The van der Waals surface area contributed by atoms with Crippen molar-refractivity contribution in [2.75, 3.05) is 20.3 Å². The summed E-state index contributed by atoms with van der Waals surface area (Å²) >= 11 is 1.45. The van der Waals surface area contributed by atoms with Gasteiger partial charge in [-0.2, -0.15) is 0 Å². The number of fused-ring (bicyclic) bond motifs is 1. The Hall–Kier alpha value is -3.58. The Morgan fingerprint density at radius 1 is 1.14 bits per heavy atom. The zero-order valence-electron chi connectivity index (χ0n) is 20.0. The number of para-hydroxylation sites is 2. The molecule has 0 radical (unpaired) electrons. The van der Waals surface area contributed by atoms with Gasteiger partial charge in [0.05, 0.1) is 29.6 Å². The Kier molecular flexibility index (Phi) is 8.57. The fourth-order valence-corrected chi connectivity index (χ4v) is 4.68. The van der Waals surface area contributed by atoms with Gasteiger partial charge in [-0.1, -0.05) is 30.3 Å². The first-order chi connectivity index (χ1) is 17.2. The minimum Gasteiger partial charge on any atom is -0.493 e. The molecule has 6 nitrogen and oxygen atoms in total. The number of hydrogen-bond donors (Lipinski definition) is 1. The van der Waals surface area contributed by atoms with Gasteiger partial charge in [0.2, 0.25) is 0 Å². The second kappa shape index (κ2) is 12.2. The van der Waals surface area contributed by atoms with Gasteiger partial charge < -0.3 is 19.4 Å². The van der Waals surface area contributed by atoms with E-state index < -0.39 is 0 Å². The number of thiophene rings is 1. The van der Waals surface area contributed by atoms with Gasteiger partial charge in [0.1, 0.15) is 5.82 Å². The first-order valence-electron chi connectivity index (χ1n) is 11.9. The van der Waals surface area contributed by atoms with Crippen LogP contribution in [0, 0.1) is 0 Å². The average Bonchev–Trinajstić information content (AvgIpc) is 3.54. The van der Waals surface area contributed by atoms with Crippen molar-refractivity contribution < 1.29 is 14.3 Å². The number of imidazole rings is 1. The summed E-state index contributed by atoms with van der Waals surface area (Å²) in [5, 5.41) is 4.91. The number of methoxy groups -OCH3 is 1. The highest BCUT2D eigenvalue weighted by atomic mass is 32.1. The predicted molar refractivity (Wildman–Crippen MR) is 142 cm³/mol. The second-order valence-corrected chi connectivity index (χ2v) is 9.13. The molecule has 4 aromatic rings. The number of rotatable bonds is 13. The van der Waals surface area contributed by atoms with Crippen LogP contribution in [0.5, 0.6) is 11.5 Å². The summed E-state index contributed by atoms with van der Waals surface area (Å²) in [6, 6.07) is 17.9. The zero-order valence-corrected chi connectivity index (χ0v) is 20.9. The lowest BCUT2D eigenvalue weighted by atomic mass is 10.1. The predicted octanol–water partition coefficient (Wildman–Crippen LogP) is 5.67. The molecular weight excluding hydrogens is 458 g/mol. The molecule has 1 amide bonds. The largest absolute Gasteiger partial charge is 0.493 e. The Morgan fingerprint density at radius 3 is 2.83 bits per heavy atom. The van der Waals surface area contributed by atoms with Crippen LogP contribution in [0.15, 0.2) is 72.6 Å². The first kappa shape index (κ1) is 24.5. The maximum Gasteiger partial charge on any atom is 0.261 e. The topological polar surface area (TPSA) is 65.4 Å². The Bertz CT molecular complexity index is 1260. The molecule has 1 N–H and O–H groups in total. The number of nitrogens with zero attached hydrogens (tertiary/aromatic N) is 2. The number of hydrogen-bond acceptors (Lipinski definition) is 5. The molecule has 7 heteroatoms. The molecule has 0 aliphatic carbocycles. The van der Waals surface area contributed by atoms with Gasteiger partial charge in [-0.3, -0.25) is 4.79 Å². The van der Waals surface area contributed by atoms with Crippen molar-refractivity contribution >= 4 is 28.3 Å². The fraction of sp³-hybridized carbons (Fsp3) is 0.286. The number of aromatic nitrogens is 2. The van der Waals surface area contributed by atoms with Crippen molar-refractivity contribution in [1.82, 2.24) is 14.9 Å². The van der Waals surface area contributed by atoms with Crippen molar-refractivity contribution in [2.24, 2.45) is 0 Å². The van der Waals surface area contributed by atoms with Crippen molar-refractivity contribution in [3.8, 4) is 11.5 Å². The average molecular weight is 490 g/mol. The Morgan fingerprint density at radius 2 is 2.03 bits per heavy atom. The van der Waals surface area contributed by atoms with Crippen LogP contribution in [0.2, 0.25) is 0 Å². The molecule has 0 unspecified atom stereocenters. The summed E-state index contributed by atoms with van der Waals surface area (Å²) in [7, 11) is 1.66. The van der Waals surface area contributed by atoms with E-state index in [-0.39, 0.29) is 5.91 Å². The van der Waals surface area contributed by atoms with Gasteiger partial charge in [0.15, 0.2) is 11.5 Å². The van der Waals surface area contributed by atoms with Crippen molar-refractivity contribution in [1.29, 1.82) is 0 Å². The molecular formula is C28H31N3O3S. The van der Waals surface area contributed by atoms with E-state index in [9.17, 15) is 4.79 Å². The fourth-order valence-electron chi connectivity index (χ4n) is 4.04. The van der Waals surface area contributed by atoms with Crippen LogP contribution < -0.4 is 14.8 Å². The molecule has 0 saturated heterocycles. The number of allylic oxidation sites excluding steroid dienone is 1. The van der Waals surface area contributed by atoms with Crippen LogP contribution in [0.4, 0.5) is 0 Å². The lowest BCUT2D eigenvalue weighted by Crippen LogP contribution is -2.24. The molecule has 0 bridgehead atoms. The first-order valence-corrected chi connectivity index (χ1v) is 12.7. The van der Waals surface area contributed by atoms with Gasteiger partial charge in [-0.25, -0.2) is 4.98 Å². The normalized spacial score (nSPS) is 10.9. The van der Waals surface area contributed by atoms with E-state index in [0.29, 0.717) is 13.2 Å². The number of nitrogens with one attached hydrogen (secondary N) is 1. The monoisotopic (exact) mass is 489 g/mol. The number of carbonyl (C=O) groups excluding carboxylic acids is 1. The molecule has 0 atom stereocenters. The Balaban J connectivity index is 1.34. The SMILES string of the molecule is C=CCc1ccc(OCCCn2c(CCCNC(=O)c3cccs3)nc3ccccc32)c(OC)c1. The number of carbonyl (C=O) groups is 1. The number of aryl methyl sites for hydroxylation is 2. The molecule has 182 valence electrons. The van der Waals surface area contributed by atoms with Crippen molar-refractivity contribution in [3.05, 3.63) is 88.9 Å². The quantitative estimate of drug-likeness (QED) is 0.194. The van der Waals surface area contributed by atoms with E-state index in [1.165, 1.54) is 11.3 Å². The highest BCUT2D eigenvalue weighted by molar-refractivity contribution is 7.12. The maximum atomic E-state index is 12.2. The molecule has 0 aliphatic rings. The van der Waals surface area contributed by atoms with Crippen LogP contribution >= 0.6 is 11.3 Å². The summed E-state index contributed by atoms with van der Waals surface area (Å²) in [4.78, 5) is 17.8. The standard InChI is InChI=1S/C28H31N3O3S/c1-3-9-21-14-15-24(25(20-21)33-2)34-18-8-17-31-23-11-5-4-10-22(23)30-27(31)13-6-16-29-28(32)26-12-7-19-35-26/h3-5,7,10-12,14-15,19-20H,1,6,8-9,13,16-18H2,2H3,(H,29,32). The van der Waals surface area contributed by atoms with Crippen molar-refractivity contribution in [3.63, 3.8) is 0 Å². The maximum absolute atomic E-state index is 12.2. The summed E-state index contributed by atoms with van der Waals surface area (Å²) in [5.74, 6) is 2.50. The number of benzene rings is 2. The van der Waals surface area contributed by atoms with Gasteiger partial charge in [0, 0.05) is 19.5 Å². The van der Waals surface area contributed by atoms with E-state index in [2.05, 4.69) is 22.5 Å². The van der Waals surface area contributed by atoms with Crippen LogP contribution in [-0.4, -0.2) is 35.7 Å². The molecule has 2 aromatic heterocycles. The van der Waals surface area contributed by atoms with E-state index in [0.717, 1.165) is 71.0 Å². The molecule has 0 aliphatic heterocycles. The number of ether oxygens (including phenoxy) is 2. The summed E-state index contributed by atoms with van der Waals surface area (Å²) in [6.07, 6.45) is 5.12. The van der Waals surface area contributed by atoms with Gasteiger partial charge in [-0.15, -0.1) is 17.9 Å².